The first kappa shape index (κ1) is 22.2. The van der Waals surface area contributed by atoms with Crippen LogP contribution in [0.25, 0.3) is 6.08 Å². The van der Waals surface area contributed by atoms with E-state index in [0.29, 0.717) is 18.7 Å². The third kappa shape index (κ3) is 5.62. The Morgan fingerprint density at radius 3 is 2.34 bits per heavy atom. The molecule has 0 bridgehead atoms. The van der Waals surface area contributed by atoms with E-state index in [1.807, 2.05) is 23.1 Å². The Bertz CT molecular complexity index is 937. The van der Waals surface area contributed by atoms with Gasteiger partial charge in [-0.15, -0.1) is 0 Å². The first-order valence-corrected chi connectivity index (χ1v) is 11.4. The average molecular weight is 436 g/mol. The van der Waals surface area contributed by atoms with Crippen LogP contribution in [0.2, 0.25) is 0 Å². The molecule has 2 saturated heterocycles. The highest BCUT2D eigenvalue weighted by molar-refractivity contribution is 5.94. The maximum atomic E-state index is 13.2. The van der Waals surface area contributed by atoms with Crippen molar-refractivity contribution in [1.82, 2.24) is 14.7 Å². The van der Waals surface area contributed by atoms with E-state index >= 15 is 0 Å². The molecular weight excluding hydrogens is 405 g/mol. The second-order valence-corrected chi connectivity index (χ2v) is 8.54. The van der Waals surface area contributed by atoms with E-state index in [2.05, 4.69) is 29.2 Å². The smallest absolute Gasteiger partial charge is 0.253 e. The van der Waals surface area contributed by atoms with Gasteiger partial charge >= 0.3 is 0 Å². The fourth-order valence-electron chi connectivity index (χ4n) is 4.45. The van der Waals surface area contributed by atoms with Crippen LogP contribution in [-0.4, -0.2) is 72.3 Å². The van der Waals surface area contributed by atoms with Crippen molar-refractivity contribution in [1.29, 1.82) is 0 Å². The van der Waals surface area contributed by atoms with Crippen LogP contribution in [0.1, 0.15) is 28.8 Å². The molecule has 2 aromatic carbocycles. The molecule has 2 amide bonds. The number of likely N-dealkylation sites (tertiary alicyclic amines) is 1. The number of halogens is 1. The van der Waals surface area contributed by atoms with Gasteiger partial charge < -0.3 is 9.80 Å². The number of hydrogen-bond acceptors (Lipinski definition) is 3. The van der Waals surface area contributed by atoms with Crippen molar-refractivity contribution >= 4 is 17.9 Å². The summed E-state index contributed by atoms with van der Waals surface area (Å²) in [5.41, 5.74) is 1.66. The Morgan fingerprint density at radius 1 is 0.906 bits per heavy atom. The number of piperidine rings is 1. The number of piperazine rings is 1. The highest BCUT2D eigenvalue weighted by Crippen LogP contribution is 2.22. The molecule has 5 nitrogen and oxygen atoms in total. The van der Waals surface area contributed by atoms with Crippen molar-refractivity contribution in [2.24, 2.45) is 5.92 Å². The summed E-state index contributed by atoms with van der Waals surface area (Å²) >= 11 is 0. The zero-order chi connectivity index (χ0) is 22.3. The molecule has 0 spiro atoms. The molecular formula is C26H30FN3O2. The highest BCUT2D eigenvalue weighted by atomic mass is 19.1. The SMILES string of the molecule is O=C(c1ccc(F)cc1)N1CCCC(C(=O)N2CCN(C/C=C/c3ccccc3)CC2)C1. The minimum atomic E-state index is -0.358. The topological polar surface area (TPSA) is 43.9 Å². The molecule has 0 aliphatic carbocycles. The molecule has 32 heavy (non-hydrogen) atoms. The fraction of sp³-hybridized carbons (Fsp3) is 0.385. The first-order valence-electron chi connectivity index (χ1n) is 11.4. The molecule has 4 rings (SSSR count). The van der Waals surface area contributed by atoms with Crippen molar-refractivity contribution in [2.75, 3.05) is 45.8 Å². The fourth-order valence-corrected chi connectivity index (χ4v) is 4.45. The van der Waals surface area contributed by atoms with Crippen molar-refractivity contribution in [2.45, 2.75) is 12.8 Å². The van der Waals surface area contributed by atoms with Gasteiger partial charge in [0.05, 0.1) is 5.92 Å². The lowest BCUT2D eigenvalue weighted by molar-refractivity contribution is -0.138. The van der Waals surface area contributed by atoms with Crippen molar-refractivity contribution in [3.63, 3.8) is 0 Å². The summed E-state index contributed by atoms with van der Waals surface area (Å²) in [5.74, 6) is -0.487. The van der Waals surface area contributed by atoms with Gasteiger partial charge in [-0.05, 0) is 42.7 Å². The molecule has 0 N–H and O–H groups in total. The second-order valence-electron chi connectivity index (χ2n) is 8.54. The Kier molecular flexibility index (Phi) is 7.32. The van der Waals surface area contributed by atoms with E-state index in [1.165, 1.54) is 29.8 Å². The normalized spacial score (nSPS) is 20.0. The van der Waals surface area contributed by atoms with E-state index in [0.717, 1.165) is 45.6 Å². The van der Waals surface area contributed by atoms with Gasteiger partial charge in [-0.2, -0.15) is 0 Å². The number of amides is 2. The van der Waals surface area contributed by atoms with E-state index in [-0.39, 0.29) is 23.5 Å². The molecule has 2 fully saturated rings. The summed E-state index contributed by atoms with van der Waals surface area (Å²) in [7, 11) is 0. The van der Waals surface area contributed by atoms with Crippen LogP contribution in [-0.2, 0) is 4.79 Å². The number of benzene rings is 2. The third-order valence-corrected chi connectivity index (χ3v) is 6.31. The Balaban J connectivity index is 1.26. The molecule has 2 heterocycles. The number of rotatable bonds is 5. The van der Waals surface area contributed by atoms with Gasteiger partial charge in [0.1, 0.15) is 5.82 Å². The lowest BCUT2D eigenvalue weighted by Gasteiger charge is -2.38. The predicted molar refractivity (Wildman–Crippen MR) is 124 cm³/mol. The van der Waals surface area contributed by atoms with Crippen LogP contribution in [0, 0.1) is 11.7 Å². The molecule has 6 heteroatoms. The van der Waals surface area contributed by atoms with Crippen LogP contribution < -0.4 is 0 Å². The molecule has 1 unspecified atom stereocenters. The van der Waals surface area contributed by atoms with Gasteiger partial charge in [-0.1, -0.05) is 42.5 Å². The lowest BCUT2D eigenvalue weighted by Crippen LogP contribution is -2.53. The van der Waals surface area contributed by atoms with Gasteiger partial charge in [0.15, 0.2) is 0 Å². The van der Waals surface area contributed by atoms with Gasteiger partial charge in [-0.25, -0.2) is 4.39 Å². The Morgan fingerprint density at radius 2 is 1.62 bits per heavy atom. The summed E-state index contributed by atoms with van der Waals surface area (Å²) in [5, 5.41) is 0. The lowest BCUT2D eigenvalue weighted by atomic mass is 9.95. The molecule has 0 radical (unpaired) electrons. The Labute approximate surface area is 189 Å². The molecule has 0 aromatic heterocycles. The number of nitrogens with zero attached hydrogens (tertiary/aromatic N) is 3. The summed E-state index contributed by atoms with van der Waals surface area (Å²) in [4.78, 5) is 31.9. The minimum Gasteiger partial charge on any atom is -0.340 e. The number of carbonyl (C=O) groups is 2. The number of carbonyl (C=O) groups excluding carboxylic acids is 2. The van der Waals surface area contributed by atoms with Crippen LogP contribution in [0.15, 0.2) is 60.7 Å². The van der Waals surface area contributed by atoms with E-state index in [1.54, 1.807) is 4.90 Å². The van der Waals surface area contributed by atoms with Crippen molar-refractivity contribution in [3.05, 3.63) is 77.6 Å². The standard InChI is InChI=1S/C26H30FN3O2/c27-24-12-10-22(11-13-24)25(31)30-15-5-9-23(20-30)26(32)29-18-16-28(17-19-29)14-4-8-21-6-2-1-3-7-21/h1-4,6-8,10-13,23H,5,9,14-20H2/b8-4+. The van der Waals surface area contributed by atoms with Gasteiger partial charge in [0.2, 0.25) is 5.91 Å². The minimum absolute atomic E-state index is 0.127. The van der Waals surface area contributed by atoms with Crippen LogP contribution in [0.4, 0.5) is 4.39 Å². The van der Waals surface area contributed by atoms with Crippen LogP contribution >= 0.6 is 0 Å². The van der Waals surface area contributed by atoms with Crippen LogP contribution in [0.5, 0.6) is 0 Å². The van der Waals surface area contributed by atoms with Gasteiger partial charge in [0.25, 0.3) is 5.91 Å². The zero-order valence-corrected chi connectivity index (χ0v) is 18.3. The van der Waals surface area contributed by atoms with E-state index < -0.39 is 0 Å². The third-order valence-electron chi connectivity index (χ3n) is 6.31. The molecule has 1 atom stereocenters. The predicted octanol–water partition coefficient (Wildman–Crippen LogP) is 3.54. The molecule has 168 valence electrons. The Hall–Kier alpha value is -2.99. The maximum Gasteiger partial charge on any atom is 0.253 e. The summed E-state index contributed by atoms with van der Waals surface area (Å²) < 4.78 is 13.2. The molecule has 2 aromatic rings. The summed E-state index contributed by atoms with van der Waals surface area (Å²) in [6.45, 7) is 5.11. The summed E-state index contributed by atoms with van der Waals surface area (Å²) in [6, 6.07) is 15.9. The first-order chi connectivity index (χ1) is 15.6. The highest BCUT2D eigenvalue weighted by Gasteiger charge is 2.32. The van der Waals surface area contributed by atoms with Crippen molar-refractivity contribution in [3.8, 4) is 0 Å². The molecule has 2 aliphatic heterocycles. The van der Waals surface area contributed by atoms with Gasteiger partial charge in [-0.3, -0.25) is 14.5 Å². The number of hydrogen-bond donors (Lipinski definition) is 0. The zero-order valence-electron chi connectivity index (χ0n) is 18.3. The average Bonchev–Trinajstić information content (AvgIpc) is 2.85. The van der Waals surface area contributed by atoms with Crippen molar-refractivity contribution < 1.29 is 14.0 Å². The quantitative estimate of drug-likeness (QED) is 0.722. The van der Waals surface area contributed by atoms with E-state index in [4.69, 9.17) is 0 Å². The van der Waals surface area contributed by atoms with E-state index in [9.17, 15) is 14.0 Å². The molecule has 0 saturated carbocycles. The summed E-state index contributed by atoms with van der Waals surface area (Å²) in [6.07, 6.45) is 5.93. The largest absolute Gasteiger partial charge is 0.340 e. The van der Waals surface area contributed by atoms with Gasteiger partial charge in [0, 0.05) is 51.4 Å². The van der Waals surface area contributed by atoms with Crippen LogP contribution in [0.3, 0.4) is 0 Å². The molecule has 2 aliphatic rings. The maximum absolute atomic E-state index is 13.2. The second kappa shape index (κ2) is 10.6. The monoisotopic (exact) mass is 435 g/mol.